The van der Waals surface area contributed by atoms with Crippen LogP contribution in [0.4, 0.5) is 0 Å². The molecule has 4 nitrogen and oxygen atoms in total. The first kappa shape index (κ1) is 19.1. The Morgan fingerprint density at radius 1 is 1.11 bits per heavy atom. The molecule has 0 spiro atoms. The Morgan fingerprint density at radius 3 is 2.41 bits per heavy atom. The number of rotatable bonds is 6. The van der Waals surface area contributed by atoms with Gasteiger partial charge in [-0.15, -0.1) is 0 Å². The van der Waals surface area contributed by atoms with Crippen molar-refractivity contribution in [2.24, 2.45) is 5.92 Å². The summed E-state index contributed by atoms with van der Waals surface area (Å²) >= 11 is 5.32. The van der Waals surface area contributed by atoms with Gasteiger partial charge in [0.15, 0.2) is 10.9 Å². The fourth-order valence-corrected chi connectivity index (χ4v) is 3.28. The van der Waals surface area contributed by atoms with Crippen molar-refractivity contribution in [3.63, 3.8) is 0 Å². The first-order chi connectivity index (χ1) is 13.0. The number of ketones is 1. The summed E-state index contributed by atoms with van der Waals surface area (Å²) < 4.78 is 5.76. The van der Waals surface area contributed by atoms with E-state index < -0.39 is 0 Å². The summed E-state index contributed by atoms with van der Waals surface area (Å²) in [6.07, 6.45) is 0. The van der Waals surface area contributed by atoms with Gasteiger partial charge in [-0.25, -0.2) is 0 Å². The van der Waals surface area contributed by atoms with Gasteiger partial charge < -0.3 is 15.4 Å². The standard InChI is InChI=1S/C22H24N2O2S/c1-14(2)13-26-18-11-9-16(10-12-18)20-19(15(3)23-22(27)24-20)21(25)17-7-5-4-6-8-17/h4-12,14,20H,13H2,1-3H3,(H2,23,24,27). The van der Waals surface area contributed by atoms with Crippen molar-refractivity contribution in [2.45, 2.75) is 26.8 Å². The van der Waals surface area contributed by atoms with Crippen molar-refractivity contribution in [1.82, 2.24) is 10.6 Å². The smallest absolute Gasteiger partial charge is 0.193 e. The van der Waals surface area contributed by atoms with E-state index in [4.69, 9.17) is 17.0 Å². The van der Waals surface area contributed by atoms with Gasteiger partial charge in [-0.05, 0) is 42.8 Å². The zero-order chi connectivity index (χ0) is 19.4. The fraction of sp³-hybridized carbons (Fsp3) is 0.273. The lowest BCUT2D eigenvalue weighted by Gasteiger charge is -2.30. The maximum absolute atomic E-state index is 13.1. The molecule has 2 aromatic rings. The molecule has 2 aromatic carbocycles. The van der Waals surface area contributed by atoms with E-state index in [0.717, 1.165) is 17.0 Å². The molecule has 140 valence electrons. The average Bonchev–Trinajstić information content (AvgIpc) is 2.66. The van der Waals surface area contributed by atoms with E-state index in [9.17, 15) is 4.79 Å². The molecule has 0 radical (unpaired) electrons. The van der Waals surface area contributed by atoms with E-state index >= 15 is 0 Å². The van der Waals surface area contributed by atoms with Gasteiger partial charge in [-0.1, -0.05) is 56.3 Å². The monoisotopic (exact) mass is 380 g/mol. The predicted molar refractivity (Wildman–Crippen MR) is 112 cm³/mol. The van der Waals surface area contributed by atoms with Crippen LogP contribution in [-0.4, -0.2) is 17.5 Å². The minimum absolute atomic E-state index is 0.0132. The lowest BCUT2D eigenvalue weighted by Crippen LogP contribution is -2.44. The third kappa shape index (κ3) is 4.55. The summed E-state index contributed by atoms with van der Waals surface area (Å²) in [5.74, 6) is 1.27. The number of allylic oxidation sites excluding steroid dienone is 1. The van der Waals surface area contributed by atoms with E-state index in [1.807, 2.05) is 61.5 Å². The summed E-state index contributed by atoms with van der Waals surface area (Å²) in [6.45, 7) is 6.79. The molecule has 1 heterocycles. The van der Waals surface area contributed by atoms with Gasteiger partial charge in [0.05, 0.1) is 12.6 Å². The molecule has 0 fully saturated rings. The second-order valence-corrected chi connectivity index (χ2v) is 7.45. The van der Waals surface area contributed by atoms with E-state index in [-0.39, 0.29) is 11.8 Å². The lowest BCUT2D eigenvalue weighted by molar-refractivity contribution is 0.102. The molecule has 0 aliphatic carbocycles. The number of ether oxygens (including phenoxy) is 1. The number of hydrogen-bond acceptors (Lipinski definition) is 3. The third-order valence-electron chi connectivity index (χ3n) is 4.35. The highest BCUT2D eigenvalue weighted by atomic mass is 32.1. The number of hydrogen-bond donors (Lipinski definition) is 2. The van der Waals surface area contributed by atoms with Crippen LogP contribution in [-0.2, 0) is 0 Å². The van der Waals surface area contributed by atoms with Crippen LogP contribution in [0.1, 0.15) is 42.7 Å². The Hall–Kier alpha value is -2.66. The van der Waals surface area contributed by atoms with Crippen molar-refractivity contribution in [3.8, 4) is 5.75 Å². The molecule has 1 atom stereocenters. The molecule has 1 aliphatic heterocycles. The summed E-state index contributed by atoms with van der Waals surface area (Å²) in [7, 11) is 0. The average molecular weight is 381 g/mol. The van der Waals surface area contributed by atoms with Gasteiger partial charge in [-0.3, -0.25) is 4.79 Å². The SMILES string of the molecule is CC1=C(C(=O)c2ccccc2)C(c2ccc(OCC(C)C)cc2)NC(=S)N1. The van der Waals surface area contributed by atoms with Gasteiger partial charge in [0.25, 0.3) is 0 Å². The zero-order valence-corrected chi connectivity index (χ0v) is 16.6. The van der Waals surface area contributed by atoms with Gasteiger partial charge in [0.1, 0.15) is 5.75 Å². The Labute approximate surface area is 165 Å². The third-order valence-corrected chi connectivity index (χ3v) is 4.57. The van der Waals surface area contributed by atoms with Crippen molar-refractivity contribution >= 4 is 23.1 Å². The van der Waals surface area contributed by atoms with Crippen LogP contribution in [0.3, 0.4) is 0 Å². The van der Waals surface area contributed by atoms with Crippen molar-refractivity contribution < 1.29 is 9.53 Å². The van der Waals surface area contributed by atoms with E-state index in [2.05, 4.69) is 24.5 Å². The number of benzene rings is 2. The molecule has 27 heavy (non-hydrogen) atoms. The highest BCUT2D eigenvalue weighted by molar-refractivity contribution is 7.80. The quantitative estimate of drug-likeness (QED) is 0.575. The normalized spacial score (nSPS) is 16.7. The van der Waals surface area contributed by atoms with Gasteiger partial charge in [-0.2, -0.15) is 0 Å². The van der Waals surface area contributed by atoms with Crippen molar-refractivity contribution in [1.29, 1.82) is 0 Å². The second kappa shape index (κ2) is 8.35. The molecular formula is C22H24N2O2S. The molecule has 0 aromatic heterocycles. The van der Waals surface area contributed by atoms with Crippen molar-refractivity contribution in [2.75, 3.05) is 6.61 Å². The topological polar surface area (TPSA) is 50.4 Å². The van der Waals surface area contributed by atoms with E-state index in [1.165, 1.54) is 0 Å². The summed E-state index contributed by atoms with van der Waals surface area (Å²) in [6, 6.07) is 16.8. The minimum Gasteiger partial charge on any atom is -0.493 e. The van der Waals surface area contributed by atoms with Gasteiger partial charge in [0, 0.05) is 16.8 Å². The highest BCUT2D eigenvalue weighted by Crippen LogP contribution is 2.30. The van der Waals surface area contributed by atoms with E-state index in [1.54, 1.807) is 0 Å². The number of nitrogens with one attached hydrogen (secondary N) is 2. The number of carbonyl (C=O) groups excluding carboxylic acids is 1. The molecule has 3 rings (SSSR count). The lowest BCUT2D eigenvalue weighted by atomic mass is 9.90. The van der Waals surface area contributed by atoms with Crippen LogP contribution in [0.15, 0.2) is 65.9 Å². The Kier molecular flexibility index (Phi) is 5.91. The first-order valence-corrected chi connectivity index (χ1v) is 9.47. The van der Waals surface area contributed by atoms with Crippen molar-refractivity contribution in [3.05, 3.63) is 77.0 Å². The number of thiocarbonyl (C=S) groups is 1. The van der Waals surface area contributed by atoms with Crippen LogP contribution in [0.2, 0.25) is 0 Å². The maximum Gasteiger partial charge on any atom is 0.193 e. The maximum atomic E-state index is 13.1. The molecule has 0 bridgehead atoms. The number of carbonyl (C=O) groups is 1. The molecular weight excluding hydrogens is 356 g/mol. The summed E-state index contributed by atoms with van der Waals surface area (Å²) in [4.78, 5) is 13.1. The molecule has 1 unspecified atom stereocenters. The second-order valence-electron chi connectivity index (χ2n) is 7.04. The highest BCUT2D eigenvalue weighted by Gasteiger charge is 2.30. The summed E-state index contributed by atoms with van der Waals surface area (Å²) in [5.41, 5.74) is 3.07. The molecule has 2 N–H and O–H groups in total. The van der Waals surface area contributed by atoms with Crippen LogP contribution >= 0.6 is 12.2 Å². The predicted octanol–water partition coefficient (Wildman–Crippen LogP) is 4.40. The van der Waals surface area contributed by atoms with E-state index in [0.29, 0.717) is 28.8 Å². The Morgan fingerprint density at radius 2 is 1.78 bits per heavy atom. The molecule has 1 aliphatic rings. The zero-order valence-electron chi connectivity index (χ0n) is 15.8. The largest absolute Gasteiger partial charge is 0.493 e. The van der Waals surface area contributed by atoms with Crippen LogP contribution in [0.25, 0.3) is 0 Å². The van der Waals surface area contributed by atoms with Crippen LogP contribution in [0.5, 0.6) is 5.75 Å². The van der Waals surface area contributed by atoms with Gasteiger partial charge in [0.2, 0.25) is 0 Å². The molecule has 0 amide bonds. The fourth-order valence-electron chi connectivity index (χ4n) is 3.01. The number of Topliss-reactive ketones (excluding diaryl/α,β-unsaturated/α-hetero) is 1. The molecule has 0 saturated heterocycles. The first-order valence-electron chi connectivity index (χ1n) is 9.06. The summed E-state index contributed by atoms with van der Waals surface area (Å²) in [5, 5.41) is 6.83. The Balaban J connectivity index is 1.91. The molecule has 5 heteroatoms. The Bertz CT molecular complexity index is 858. The van der Waals surface area contributed by atoms with Crippen LogP contribution in [0, 0.1) is 5.92 Å². The minimum atomic E-state index is -0.300. The van der Waals surface area contributed by atoms with Crippen LogP contribution < -0.4 is 15.4 Å². The molecule has 0 saturated carbocycles. The van der Waals surface area contributed by atoms with Gasteiger partial charge >= 0.3 is 0 Å².